The van der Waals surface area contributed by atoms with Crippen molar-refractivity contribution in [2.45, 2.75) is 24.6 Å². The third-order valence-corrected chi connectivity index (χ3v) is 3.51. The van der Waals surface area contributed by atoms with Crippen LogP contribution in [0.15, 0.2) is 11.0 Å². The minimum atomic E-state index is -1.82. The molecule has 1 fully saturated rings. The number of nitrogens with two attached hydrogens (primary N) is 1. The lowest BCUT2D eigenvalue weighted by Gasteiger charge is -2.16. The highest BCUT2D eigenvalue weighted by atomic mass is 127. The minimum Gasteiger partial charge on any atom is -0.394 e. The fourth-order valence-corrected chi connectivity index (χ4v) is 2.14. The summed E-state index contributed by atoms with van der Waals surface area (Å²) in [6.07, 6.45) is -4.38. The van der Waals surface area contributed by atoms with Crippen molar-refractivity contribution in [1.29, 1.82) is 0 Å². The predicted octanol–water partition coefficient (Wildman–Crippen LogP) is -0.981. The topological polar surface area (TPSA) is 111 Å². The molecular formula is C9H11FIN3O4. The van der Waals surface area contributed by atoms with Gasteiger partial charge >= 0.3 is 5.69 Å². The molecule has 0 spiro atoms. The van der Waals surface area contributed by atoms with E-state index in [0.717, 1.165) is 4.57 Å². The maximum absolute atomic E-state index is 13.8. The van der Waals surface area contributed by atoms with Crippen LogP contribution < -0.4 is 11.4 Å². The first-order valence-corrected chi connectivity index (χ1v) is 6.16. The molecule has 0 amide bonds. The van der Waals surface area contributed by atoms with Crippen molar-refractivity contribution in [2.75, 3.05) is 12.3 Å². The quantitative estimate of drug-likeness (QED) is 0.577. The second-order valence-electron chi connectivity index (χ2n) is 3.85. The van der Waals surface area contributed by atoms with Gasteiger partial charge in [0.05, 0.1) is 10.2 Å². The lowest BCUT2D eigenvalue weighted by atomic mass is 10.1. The van der Waals surface area contributed by atoms with Gasteiger partial charge in [-0.3, -0.25) is 4.57 Å². The van der Waals surface area contributed by atoms with Crippen LogP contribution in [0.5, 0.6) is 0 Å². The van der Waals surface area contributed by atoms with Gasteiger partial charge in [-0.2, -0.15) is 4.98 Å². The van der Waals surface area contributed by atoms with E-state index < -0.39 is 36.9 Å². The average Bonchev–Trinajstić information content (AvgIpc) is 2.61. The smallest absolute Gasteiger partial charge is 0.351 e. The number of hydrogen-bond acceptors (Lipinski definition) is 6. The molecule has 0 bridgehead atoms. The van der Waals surface area contributed by atoms with Crippen LogP contribution >= 0.6 is 22.6 Å². The van der Waals surface area contributed by atoms with Crippen LogP contribution in [0.2, 0.25) is 0 Å². The minimum absolute atomic E-state index is 0.0458. The van der Waals surface area contributed by atoms with Crippen LogP contribution in [-0.4, -0.2) is 44.8 Å². The van der Waals surface area contributed by atoms with Crippen molar-refractivity contribution >= 4 is 28.4 Å². The molecule has 2 rings (SSSR count). The summed E-state index contributed by atoms with van der Waals surface area (Å²) in [6.45, 7) is -0.535. The van der Waals surface area contributed by atoms with E-state index in [0.29, 0.717) is 3.57 Å². The monoisotopic (exact) mass is 371 g/mol. The number of aromatic nitrogens is 2. The highest BCUT2D eigenvalue weighted by molar-refractivity contribution is 14.1. The summed E-state index contributed by atoms with van der Waals surface area (Å²) in [5, 5.41) is 18.4. The molecule has 9 heteroatoms. The average molecular weight is 371 g/mol. The standard InChI is InChI=1S/C9H11FIN3O4/c10-5-6(16)4(2-15)18-8(5)14-1-3(11)7(12)13-9(14)17/h1,4-6,8,15-16H,2H2,(H2,12,13,17)/t4-,5-,6?,8-/m1/s1. The Morgan fingerprint density at radius 1 is 1.67 bits per heavy atom. The largest absolute Gasteiger partial charge is 0.394 e. The van der Waals surface area contributed by atoms with E-state index in [1.807, 2.05) is 22.6 Å². The normalized spacial score (nSPS) is 31.8. The zero-order chi connectivity index (χ0) is 13.4. The first-order valence-electron chi connectivity index (χ1n) is 5.08. The molecule has 1 aliphatic rings. The lowest BCUT2D eigenvalue weighted by Crippen LogP contribution is -2.34. The van der Waals surface area contributed by atoms with Crippen LogP contribution in [0.25, 0.3) is 0 Å². The molecule has 7 nitrogen and oxygen atoms in total. The Hall–Kier alpha value is -0.780. The molecule has 0 aromatic carbocycles. The Bertz CT molecular complexity index is 511. The van der Waals surface area contributed by atoms with Crippen LogP contribution in [0.3, 0.4) is 0 Å². The number of aliphatic hydroxyl groups excluding tert-OH is 2. The fraction of sp³-hybridized carbons (Fsp3) is 0.556. The highest BCUT2D eigenvalue weighted by Crippen LogP contribution is 2.31. The van der Waals surface area contributed by atoms with Crippen molar-refractivity contribution in [3.05, 3.63) is 20.3 Å². The van der Waals surface area contributed by atoms with Crippen LogP contribution in [0.4, 0.5) is 10.2 Å². The molecule has 2 heterocycles. The molecule has 1 aromatic heterocycles. The number of hydrogen-bond donors (Lipinski definition) is 3. The van der Waals surface area contributed by atoms with Gasteiger partial charge < -0.3 is 20.7 Å². The van der Waals surface area contributed by atoms with Gasteiger partial charge in [0.2, 0.25) is 0 Å². The predicted molar refractivity (Wildman–Crippen MR) is 67.5 cm³/mol. The number of rotatable bonds is 2. The van der Waals surface area contributed by atoms with E-state index in [1.165, 1.54) is 6.20 Å². The highest BCUT2D eigenvalue weighted by Gasteiger charge is 2.45. The van der Waals surface area contributed by atoms with Crippen molar-refractivity contribution in [3.8, 4) is 0 Å². The maximum atomic E-state index is 13.8. The van der Waals surface area contributed by atoms with Gasteiger partial charge in [-0.05, 0) is 22.6 Å². The van der Waals surface area contributed by atoms with Crippen LogP contribution in [-0.2, 0) is 4.74 Å². The van der Waals surface area contributed by atoms with E-state index in [4.69, 9.17) is 15.6 Å². The Morgan fingerprint density at radius 3 is 2.89 bits per heavy atom. The summed E-state index contributed by atoms with van der Waals surface area (Å²) in [6, 6.07) is 0. The van der Waals surface area contributed by atoms with Gasteiger partial charge in [-0.1, -0.05) is 0 Å². The molecule has 1 saturated heterocycles. The summed E-state index contributed by atoms with van der Waals surface area (Å²) < 4.78 is 20.3. The molecule has 1 aromatic rings. The van der Waals surface area contributed by atoms with Gasteiger partial charge in [-0.25, -0.2) is 9.18 Å². The fourth-order valence-electron chi connectivity index (χ4n) is 1.72. The Labute approximate surface area is 115 Å². The Balaban J connectivity index is 2.39. The van der Waals surface area contributed by atoms with Gasteiger partial charge in [-0.15, -0.1) is 0 Å². The molecule has 18 heavy (non-hydrogen) atoms. The summed E-state index contributed by atoms with van der Waals surface area (Å²) in [7, 11) is 0. The van der Waals surface area contributed by atoms with Gasteiger partial charge in [0, 0.05) is 6.20 Å². The first kappa shape index (κ1) is 13.6. The van der Waals surface area contributed by atoms with E-state index in [2.05, 4.69) is 4.98 Å². The number of alkyl halides is 1. The molecule has 4 atom stereocenters. The maximum Gasteiger partial charge on any atom is 0.351 e. The summed E-state index contributed by atoms with van der Waals surface area (Å²) >= 11 is 1.84. The third kappa shape index (κ3) is 2.22. The van der Waals surface area contributed by atoms with E-state index in [1.54, 1.807) is 0 Å². The SMILES string of the molecule is Nc1nc(=O)n([C@@H]2O[C@H](CO)C(O)[C@H]2F)cc1I. The Kier molecular flexibility index (Phi) is 3.84. The zero-order valence-electron chi connectivity index (χ0n) is 9.03. The van der Waals surface area contributed by atoms with E-state index in [9.17, 15) is 14.3 Å². The second kappa shape index (κ2) is 5.07. The van der Waals surface area contributed by atoms with Crippen molar-refractivity contribution in [2.24, 2.45) is 0 Å². The van der Waals surface area contributed by atoms with Crippen molar-refractivity contribution in [3.63, 3.8) is 0 Å². The molecule has 4 N–H and O–H groups in total. The van der Waals surface area contributed by atoms with Gasteiger partial charge in [0.25, 0.3) is 0 Å². The third-order valence-electron chi connectivity index (χ3n) is 2.68. The van der Waals surface area contributed by atoms with Gasteiger partial charge in [0.15, 0.2) is 12.4 Å². The number of anilines is 1. The molecular weight excluding hydrogens is 360 g/mol. The summed E-state index contributed by atoms with van der Waals surface area (Å²) in [5.74, 6) is 0.0458. The van der Waals surface area contributed by atoms with E-state index in [-0.39, 0.29) is 5.82 Å². The molecule has 100 valence electrons. The number of nitrogens with zero attached hydrogens (tertiary/aromatic N) is 2. The summed E-state index contributed by atoms with van der Waals surface area (Å²) in [5.41, 5.74) is 4.68. The molecule has 1 unspecified atom stereocenters. The van der Waals surface area contributed by atoms with Gasteiger partial charge in [0.1, 0.15) is 18.0 Å². The molecule has 0 radical (unpaired) electrons. The number of ether oxygens (including phenoxy) is 1. The number of aliphatic hydroxyl groups is 2. The zero-order valence-corrected chi connectivity index (χ0v) is 11.2. The molecule has 0 aliphatic carbocycles. The lowest BCUT2D eigenvalue weighted by molar-refractivity contribution is -0.0491. The van der Waals surface area contributed by atoms with E-state index >= 15 is 0 Å². The molecule has 0 saturated carbocycles. The number of nitrogen functional groups attached to an aromatic ring is 1. The van der Waals surface area contributed by atoms with Crippen LogP contribution in [0.1, 0.15) is 6.23 Å². The second-order valence-corrected chi connectivity index (χ2v) is 5.01. The Morgan fingerprint density at radius 2 is 2.33 bits per heavy atom. The van der Waals surface area contributed by atoms with Crippen molar-refractivity contribution in [1.82, 2.24) is 9.55 Å². The first-order chi connectivity index (χ1) is 8.45. The molecule has 1 aliphatic heterocycles. The number of halogens is 2. The van der Waals surface area contributed by atoms with Crippen molar-refractivity contribution < 1.29 is 19.3 Å². The van der Waals surface area contributed by atoms with Crippen LogP contribution in [0, 0.1) is 3.57 Å². The summed E-state index contributed by atoms with van der Waals surface area (Å²) in [4.78, 5) is 15.1.